The Morgan fingerprint density at radius 2 is 2.03 bits per heavy atom. The molecule has 1 amide bonds. The molecule has 1 saturated heterocycles. The zero-order chi connectivity index (χ0) is 25.6. The van der Waals surface area contributed by atoms with Crippen molar-refractivity contribution in [2.45, 2.75) is 64.5 Å². The Bertz CT molecular complexity index is 1180. The molecule has 0 aliphatic carbocycles. The number of piperidine rings is 1. The minimum Gasteiger partial charge on any atom is -0.444 e. The smallest absolute Gasteiger partial charge is 0.410 e. The fourth-order valence-electron chi connectivity index (χ4n) is 4.16. The number of benzene rings is 1. The van der Waals surface area contributed by atoms with E-state index in [1.165, 1.54) is 0 Å². The molecule has 0 radical (unpaired) electrons. The SMILES string of the molecule is CCC1(Nc2cc[nH]c(=O)c2C(N)=Nc2cccc(CC#N)c2)CCN(C(=O)OC(C)(C)C)CC1. The van der Waals surface area contributed by atoms with Crippen molar-refractivity contribution in [1.82, 2.24) is 9.88 Å². The molecule has 0 spiro atoms. The highest BCUT2D eigenvalue weighted by molar-refractivity contribution is 6.03. The molecule has 0 bridgehead atoms. The van der Waals surface area contributed by atoms with Gasteiger partial charge in [0.1, 0.15) is 17.0 Å². The van der Waals surface area contributed by atoms with Crippen LogP contribution in [-0.2, 0) is 11.2 Å². The van der Waals surface area contributed by atoms with Crippen molar-refractivity contribution >= 4 is 23.3 Å². The molecule has 1 fully saturated rings. The lowest BCUT2D eigenvalue weighted by atomic mass is 9.84. The highest BCUT2D eigenvalue weighted by Crippen LogP contribution is 2.31. The van der Waals surface area contributed by atoms with Crippen LogP contribution < -0.4 is 16.6 Å². The Hall–Kier alpha value is -3.80. The molecular weight excluding hydrogens is 444 g/mol. The van der Waals surface area contributed by atoms with E-state index in [1.807, 2.05) is 26.8 Å². The quantitative estimate of drug-likeness (QED) is 0.423. The summed E-state index contributed by atoms with van der Waals surface area (Å²) in [6.07, 6.45) is 3.73. The first-order valence-corrected chi connectivity index (χ1v) is 11.8. The maximum Gasteiger partial charge on any atom is 0.410 e. The molecule has 1 aliphatic heterocycles. The van der Waals surface area contributed by atoms with Gasteiger partial charge in [0.05, 0.1) is 23.9 Å². The van der Waals surface area contributed by atoms with Crippen molar-refractivity contribution in [1.29, 1.82) is 5.26 Å². The van der Waals surface area contributed by atoms with Gasteiger partial charge in [-0.1, -0.05) is 19.1 Å². The first kappa shape index (κ1) is 25.8. The molecule has 9 heteroatoms. The maximum absolute atomic E-state index is 12.8. The number of rotatable bonds is 6. The summed E-state index contributed by atoms with van der Waals surface area (Å²) in [4.78, 5) is 34.1. The van der Waals surface area contributed by atoms with Gasteiger partial charge in [-0.2, -0.15) is 5.26 Å². The maximum atomic E-state index is 12.8. The first-order chi connectivity index (χ1) is 16.6. The van der Waals surface area contributed by atoms with Crippen LogP contribution >= 0.6 is 0 Å². The Morgan fingerprint density at radius 1 is 1.31 bits per heavy atom. The number of nitriles is 1. The van der Waals surface area contributed by atoms with Gasteiger partial charge < -0.3 is 25.7 Å². The average molecular weight is 479 g/mol. The molecule has 9 nitrogen and oxygen atoms in total. The lowest BCUT2D eigenvalue weighted by molar-refractivity contribution is 0.0176. The number of aromatic amines is 1. The van der Waals surface area contributed by atoms with Crippen LogP contribution in [0.3, 0.4) is 0 Å². The van der Waals surface area contributed by atoms with Gasteiger partial charge in [0, 0.05) is 24.8 Å². The van der Waals surface area contributed by atoms with Crippen molar-refractivity contribution in [2.75, 3.05) is 18.4 Å². The number of H-pyrrole nitrogens is 1. The van der Waals surface area contributed by atoms with E-state index in [4.69, 9.17) is 15.7 Å². The number of amidine groups is 1. The molecule has 2 aromatic rings. The Labute approximate surface area is 206 Å². The average Bonchev–Trinajstić information content (AvgIpc) is 2.79. The van der Waals surface area contributed by atoms with Crippen LogP contribution in [0.4, 0.5) is 16.2 Å². The standard InChI is InChI=1S/C26H34N6O3/c1-5-26(11-15-32(16-12-26)24(34)35-25(2,3)4)31-20-10-14-29-23(33)21(20)22(28)30-19-8-6-7-18(17-19)9-13-27/h6-8,10,14,17H,5,9,11-12,15-16H2,1-4H3,(H2,28,30)(H2,29,31,33). The highest BCUT2D eigenvalue weighted by atomic mass is 16.6. The first-order valence-electron chi connectivity index (χ1n) is 11.8. The normalized spacial score (nSPS) is 15.9. The van der Waals surface area contributed by atoms with Crippen molar-refractivity contribution in [3.63, 3.8) is 0 Å². The molecule has 0 atom stereocenters. The van der Waals surface area contributed by atoms with Gasteiger partial charge in [0.25, 0.3) is 5.56 Å². The third-order valence-corrected chi connectivity index (χ3v) is 6.11. The van der Waals surface area contributed by atoms with Crippen LogP contribution in [0.15, 0.2) is 46.3 Å². The van der Waals surface area contributed by atoms with Crippen LogP contribution in [0.2, 0.25) is 0 Å². The molecule has 4 N–H and O–H groups in total. The number of nitrogens with zero attached hydrogens (tertiary/aromatic N) is 3. The second-order valence-corrected chi connectivity index (χ2v) is 9.82. The van der Waals surface area contributed by atoms with E-state index in [2.05, 4.69) is 28.3 Å². The molecule has 1 aromatic heterocycles. The van der Waals surface area contributed by atoms with E-state index in [-0.39, 0.29) is 35.0 Å². The summed E-state index contributed by atoms with van der Waals surface area (Å²) in [5.41, 5.74) is 7.37. The summed E-state index contributed by atoms with van der Waals surface area (Å²) in [5.74, 6) is 0.0842. The molecule has 2 heterocycles. The molecule has 0 saturated carbocycles. The summed E-state index contributed by atoms with van der Waals surface area (Å²) >= 11 is 0. The number of hydrogen-bond acceptors (Lipinski definition) is 6. The van der Waals surface area contributed by atoms with Crippen molar-refractivity contribution in [3.8, 4) is 6.07 Å². The zero-order valence-corrected chi connectivity index (χ0v) is 20.9. The number of aromatic nitrogens is 1. The second-order valence-electron chi connectivity index (χ2n) is 9.82. The molecule has 3 rings (SSSR count). The molecule has 35 heavy (non-hydrogen) atoms. The largest absolute Gasteiger partial charge is 0.444 e. The molecule has 1 aliphatic rings. The Morgan fingerprint density at radius 3 is 2.66 bits per heavy atom. The topological polar surface area (TPSA) is 137 Å². The molecule has 186 valence electrons. The van der Waals surface area contributed by atoms with E-state index in [0.717, 1.165) is 12.0 Å². The summed E-state index contributed by atoms with van der Waals surface area (Å²) in [6, 6.07) is 11.1. The predicted molar refractivity (Wildman–Crippen MR) is 137 cm³/mol. The number of nitrogens with two attached hydrogens (primary N) is 1. The van der Waals surface area contributed by atoms with Crippen molar-refractivity contribution in [2.24, 2.45) is 10.7 Å². The van der Waals surface area contributed by atoms with E-state index in [9.17, 15) is 9.59 Å². The van der Waals surface area contributed by atoms with E-state index in [1.54, 1.807) is 35.4 Å². The van der Waals surface area contributed by atoms with E-state index in [0.29, 0.717) is 37.3 Å². The third-order valence-electron chi connectivity index (χ3n) is 6.11. The minimum absolute atomic E-state index is 0.0842. The summed E-state index contributed by atoms with van der Waals surface area (Å²) in [7, 11) is 0. The number of anilines is 1. The predicted octanol–water partition coefficient (Wildman–Crippen LogP) is 4.07. The van der Waals surface area contributed by atoms with Gasteiger partial charge in [-0.15, -0.1) is 0 Å². The Kier molecular flexibility index (Phi) is 7.85. The number of hydrogen-bond donors (Lipinski definition) is 3. The van der Waals surface area contributed by atoms with Crippen LogP contribution in [0, 0.1) is 11.3 Å². The van der Waals surface area contributed by atoms with Gasteiger partial charge in [-0.3, -0.25) is 4.79 Å². The number of carbonyl (C=O) groups is 1. The van der Waals surface area contributed by atoms with E-state index < -0.39 is 5.60 Å². The minimum atomic E-state index is -0.542. The second kappa shape index (κ2) is 10.6. The van der Waals surface area contributed by atoms with Crippen LogP contribution in [-0.4, -0.2) is 46.0 Å². The lowest BCUT2D eigenvalue weighted by Gasteiger charge is -2.43. The molecular formula is C26H34N6O3. The number of carbonyl (C=O) groups excluding carboxylic acids is 1. The van der Waals surface area contributed by atoms with Crippen molar-refractivity contribution in [3.05, 3.63) is 58.0 Å². The number of amides is 1. The van der Waals surface area contributed by atoms with Gasteiger partial charge in [-0.25, -0.2) is 9.79 Å². The van der Waals surface area contributed by atoms with Gasteiger partial charge in [0.15, 0.2) is 0 Å². The number of aliphatic imine (C=N–C) groups is 1. The van der Waals surface area contributed by atoms with E-state index >= 15 is 0 Å². The summed E-state index contributed by atoms with van der Waals surface area (Å²) < 4.78 is 5.51. The monoisotopic (exact) mass is 478 g/mol. The Balaban J connectivity index is 1.83. The van der Waals surface area contributed by atoms with Crippen LogP contribution in [0.5, 0.6) is 0 Å². The summed E-state index contributed by atoms with van der Waals surface area (Å²) in [6.45, 7) is 8.74. The molecule has 0 unspecified atom stereocenters. The number of nitrogens with one attached hydrogen (secondary N) is 2. The fourth-order valence-corrected chi connectivity index (χ4v) is 4.16. The zero-order valence-electron chi connectivity index (χ0n) is 20.9. The summed E-state index contributed by atoms with van der Waals surface area (Å²) in [5, 5.41) is 12.5. The highest BCUT2D eigenvalue weighted by Gasteiger charge is 2.36. The van der Waals surface area contributed by atoms with Gasteiger partial charge in [0.2, 0.25) is 0 Å². The van der Waals surface area contributed by atoms with Crippen LogP contribution in [0.25, 0.3) is 0 Å². The van der Waals surface area contributed by atoms with Crippen molar-refractivity contribution < 1.29 is 9.53 Å². The third kappa shape index (κ3) is 6.63. The fraction of sp³-hybridized carbons (Fsp3) is 0.462. The number of likely N-dealkylation sites (tertiary alicyclic amines) is 1. The number of pyridine rings is 1. The van der Waals surface area contributed by atoms with Gasteiger partial charge in [-0.05, 0) is 63.8 Å². The lowest BCUT2D eigenvalue weighted by Crippen LogP contribution is -2.51. The molecule has 1 aromatic carbocycles. The van der Waals surface area contributed by atoms with Crippen LogP contribution in [0.1, 0.15) is 58.1 Å². The van der Waals surface area contributed by atoms with Gasteiger partial charge >= 0.3 is 6.09 Å². The number of ether oxygens (including phenoxy) is 1.